The molecule has 3 heterocycles. The van der Waals surface area contributed by atoms with Crippen molar-refractivity contribution >= 4 is 39.0 Å². The molecule has 4 N–H and O–H groups in total. The van der Waals surface area contributed by atoms with Crippen LogP contribution in [-0.4, -0.2) is 38.6 Å². The minimum absolute atomic E-state index is 0.0188. The molecule has 36 heavy (non-hydrogen) atoms. The molecule has 0 unspecified atom stereocenters. The molecule has 190 valence electrons. The van der Waals surface area contributed by atoms with Gasteiger partial charge < -0.3 is 20.9 Å². The molecular weight excluding hydrogens is 474 g/mol. The van der Waals surface area contributed by atoms with Gasteiger partial charge in [0.2, 0.25) is 17.6 Å². The first kappa shape index (κ1) is 25.7. The Hall–Kier alpha value is -3.37. The van der Waals surface area contributed by atoms with E-state index in [1.165, 1.54) is 16.2 Å². The second-order valence-electron chi connectivity index (χ2n) is 9.94. The number of anilines is 2. The number of carbonyl (C=O) groups excluding carboxylic acids is 1. The van der Waals surface area contributed by atoms with Crippen LogP contribution in [0.1, 0.15) is 56.5 Å². The summed E-state index contributed by atoms with van der Waals surface area (Å²) in [5, 5.41) is 13.1. The molecule has 0 aliphatic rings. The minimum Gasteiger partial charge on any atom is -0.366 e. The lowest BCUT2D eigenvalue weighted by atomic mass is 9.94. The van der Waals surface area contributed by atoms with Crippen molar-refractivity contribution in [1.82, 2.24) is 20.1 Å². The molecule has 9 nitrogen and oxygen atoms in total. The second kappa shape index (κ2) is 10.7. The van der Waals surface area contributed by atoms with Crippen LogP contribution in [0.2, 0.25) is 0 Å². The van der Waals surface area contributed by atoms with Crippen LogP contribution in [0.5, 0.6) is 0 Å². The molecule has 1 amide bonds. The van der Waals surface area contributed by atoms with Gasteiger partial charge in [-0.25, -0.2) is 9.97 Å². The third-order valence-corrected chi connectivity index (χ3v) is 7.30. The van der Waals surface area contributed by atoms with Gasteiger partial charge in [0.25, 0.3) is 0 Å². The zero-order valence-electron chi connectivity index (χ0n) is 21.4. The van der Waals surface area contributed by atoms with E-state index in [0.29, 0.717) is 29.2 Å². The maximum absolute atomic E-state index is 13.0. The molecule has 0 aliphatic carbocycles. The number of thiazole rings is 1. The number of hydrogen-bond acceptors (Lipinski definition) is 9. The van der Waals surface area contributed by atoms with Gasteiger partial charge in [-0.15, -0.1) is 11.3 Å². The number of aryl methyl sites for hydroxylation is 2. The van der Waals surface area contributed by atoms with Crippen LogP contribution in [0.25, 0.3) is 22.2 Å². The van der Waals surface area contributed by atoms with Gasteiger partial charge in [-0.3, -0.25) is 4.79 Å². The smallest absolute Gasteiger partial charge is 0.228 e. The molecule has 1 aromatic carbocycles. The van der Waals surface area contributed by atoms with Crippen LogP contribution in [-0.2, 0) is 10.2 Å². The van der Waals surface area contributed by atoms with E-state index in [4.69, 9.17) is 10.3 Å². The van der Waals surface area contributed by atoms with E-state index in [1.54, 1.807) is 13.1 Å². The van der Waals surface area contributed by atoms with Crippen LogP contribution >= 0.6 is 11.3 Å². The summed E-state index contributed by atoms with van der Waals surface area (Å²) >= 11 is 1.53. The van der Waals surface area contributed by atoms with Crippen LogP contribution < -0.4 is 16.4 Å². The van der Waals surface area contributed by atoms with Gasteiger partial charge in [0.05, 0.1) is 5.69 Å². The molecule has 0 fully saturated rings. The van der Waals surface area contributed by atoms with Crippen molar-refractivity contribution in [3.05, 3.63) is 46.9 Å². The molecule has 0 radical (unpaired) electrons. The number of rotatable bonds is 9. The second-order valence-corrected chi connectivity index (χ2v) is 10.9. The summed E-state index contributed by atoms with van der Waals surface area (Å²) in [6.07, 6.45) is 3.55. The van der Waals surface area contributed by atoms with Gasteiger partial charge in [0, 0.05) is 41.4 Å². The Morgan fingerprint density at radius 3 is 2.67 bits per heavy atom. The molecule has 4 rings (SSSR count). The first-order valence-corrected chi connectivity index (χ1v) is 12.9. The van der Waals surface area contributed by atoms with Gasteiger partial charge in [-0.1, -0.05) is 38.1 Å². The Kier molecular flexibility index (Phi) is 7.65. The monoisotopic (exact) mass is 507 g/mol. The van der Waals surface area contributed by atoms with Crippen molar-refractivity contribution in [2.45, 2.75) is 65.3 Å². The van der Waals surface area contributed by atoms with E-state index in [9.17, 15) is 4.79 Å². The quantitative estimate of drug-likeness (QED) is 0.281. The summed E-state index contributed by atoms with van der Waals surface area (Å²) in [5.74, 6) is 1.63. The summed E-state index contributed by atoms with van der Waals surface area (Å²) in [4.78, 5) is 27.6. The van der Waals surface area contributed by atoms with E-state index >= 15 is 0 Å². The summed E-state index contributed by atoms with van der Waals surface area (Å²) in [7, 11) is 0. The highest BCUT2D eigenvalue weighted by atomic mass is 32.1. The highest BCUT2D eigenvalue weighted by molar-refractivity contribution is 7.16. The van der Waals surface area contributed by atoms with Crippen LogP contribution in [0, 0.1) is 13.8 Å². The first-order valence-electron chi connectivity index (χ1n) is 12.1. The van der Waals surface area contributed by atoms with Crippen LogP contribution in [0.3, 0.4) is 0 Å². The Morgan fingerprint density at radius 1 is 1.19 bits per heavy atom. The Balaban J connectivity index is 1.54. The van der Waals surface area contributed by atoms with Crippen molar-refractivity contribution in [2.75, 3.05) is 17.2 Å². The van der Waals surface area contributed by atoms with Gasteiger partial charge in [0.1, 0.15) is 5.82 Å². The SMILES string of the molecule is Cc1nc(-c2ccc3ccnc(N[C@@H](CCCN)CC(=O)Nc4nc(C)c(C(C)(C)C)s4)c3c2)no1. The lowest BCUT2D eigenvalue weighted by molar-refractivity contribution is -0.116. The normalized spacial score (nSPS) is 12.6. The number of pyridine rings is 1. The molecule has 4 aromatic rings. The number of aromatic nitrogens is 4. The number of nitrogens with one attached hydrogen (secondary N) is 2. The molecule has 0 saturated heterocycles. The molecule has 0 aliphatic heterocycles. The van der Waals surface area contributed by atoms with Crippen LogP contribution in [0.15, 0.2) is 35.0 Å². The molecule has 10 heteroatoms. The van der Waals surface area contributed by atoms with E-state index in [-0.39, 0.29) is 23.8 Å². The summed E-state index contributed by atoms with van der Waals surface area (Å²) in [6, 6.07) is 7.75. The lowest BCUT2D eigenvalue weighted by Crippen LogP contribution is -2.27. The van der Waals surface area contributed by atoms with Gasteiger partial charge in [0.15, 0.2) is 5.13 Å². The van der Waals surface area contributed by atoms with Crippen molar-refractivity contribution < 1.29 is 9.32 Å². The number of fused-ring (bicyclic) bond motifs is 1. The van der Waals surface area contributed by atoms with Crippen LogP contribution in [0.4, 0.5) is 10.9 Å². The predicted molar refractivity (Wildman–Crippen MR) is 144 cm³/mol. The molecule has 1 atom stereocenters. The van der Waals surface area contributed by atoms with Gasteiger partial charge >= 0.3 is 0 Å². The van der Waals surface area contributed by atoms with E-state index < -0.39 is 0 Å². The Bertz CT molecular complexity index is 1360. The average Bonchev–Trinajstić information content (AvgIpc) is 3.42. The summed E-state index contributed by atoms with van der Waals surface area (Å²) < 4.78 is 5.14. The highest BCUT2D eigenvalue weighted by Gasteiger charge is 2.22. The van der Waals surface area contributed by atoms with Gasteiger partial charge in [-0.2, -0.15) is 4.98 Å². The topological polar surface area (TPSA) is 132 Å². The maximum Gasteiger partial charge on any atom is 0.228 e. The van der Waals surface area contributed by atoms with Gasteiger partial charge in [-0.05, 0) is 49.2 Å². The largest absolute Gasteiger partial charge is 0.366 e. The third kappa shape index (κ3) is 6.06. The fourth-order valence-electron chi connectivity index (χ4n) is 4.16. The molecule has 0 saturated carbocycles. The number of nitrogens with zero attached hydrogens (tertiary/aromatic N) is 4. The fraction of sp³-hybridized carbons (Fsp3) is 0.423. The van der Waals surface area contributed by atoms with Crippen molar-refractivity contribution in [1.29, 1.82) is 0 Å². The zero-order valence-corrected chi connectivity index (χ0v) is 22.2. The minimum atomic E-state index is -0.147. The lowest BCUT2D eigenvalue weighted by Gasteiger charge is -2.20. The van der Waals surface area contributed by atoms with E-state index in [1.807, 2.05) is 31.2 Å². The van der Waals surface area contributed by atoms with Crippen molar-refractivity contribution in [3.63, 3.8) is 0 Å². The molecule has 3 aromatic heterocycles. The summed E-state index contributed by atoms with van der Waals surface area (Å²) in [6.45, 7) is 10.7. The van der Waals surface area contributed by atoms with E-state index in [0.717, 1.165) is 34.9 Å². The molecular formula is C26H33N7O2S. The number of benzene rings is 1. The third-order valence-electron chi connectivity index (χ3n) is 5.81. The maximum atomic E-state index is 13.0. The van der Waals surface area contributed by atoms with E-state index in [2.05, 4.69) is 51.5 Å². The zero-order chi connectivity index (χ0) is 25.9. The number of hydrogen-bond donors (Lipinski definition) is 3. The number of nitrogens with two attached hydrogens (primary N) is 1. The Labute approximate surface area is 214 Å². The fourth-order valence-corrected chi connectivity index (χ4v) is 5.20. The first-order chi connectivity index (χ1) is 17.1. The Morgan fingerprint density at radius 2 is 2.00 bits per heavy atom. The number of carbonyl (C=O) groups is 1. The molecule has 0 bridgehead atoms. The predicted octanol–water partition coefficient (Wildman–Crippen LogP) is 5.20. The standard InChI is InChI=1S/C26H33N7O2S/c1-15-22(26(3,4)5)36-25(29-15)32-21(34)14-19(7-6-11-27)31-24-20-13-18(23-30-16(2)35-33-23)9-8-17(20)10-12-28-24/h8-10,12-13,19H,6-7,11,14,27H2,1-5H3,(H,28,31)(H,29,32,34)/t19-/m0/s1. The number of amides is 1. The van der Waals surface area contributed by atoms with Crippen molar-refractivity contribution in [3.8, 4) is 11.4 Å². The highest BCUT2D eigenvalue weighted by Crippen LogP contribution is 2.34. The summed E-state index contributed by atoms with van der Waals surface area (Å²) in [5.41, 5.74) is 7.55. The van der Waals surface area contributed by atoms with Crippen molar-refractivity contribution in [2.24, 2.45) is 5.73 Å². The molecule has 0 spiro atoms. The average molecular weight is 508 g/mol.